The fourth-order valence-corrected chi connectivity index (χ4v) is 2.18. The number of nitrogens with zero attached hydrogens (tertiary/aromatic N) is 3. The van der Waals surface area contributed by atoms with E-state index in [0.29, 0.717) is 5.57 Å². The number of rotatable bonds is 0. The third kappa shape index (κ3) is 1.56. The average molecular weight is 233 g/mol. The Morgan fingerprint density at radius 3 is 2.83 bits per heavy atom. The maximum absolute atomic E-state index is 8.88. The topological polar surface area (TPSA) is 39.4 Å². The van der Waals surface area contributed by atoms with Crippen molar-refractivity contribution in [2.45, 2.75) is 0 Å². The van der Waals surface area contributed by atoms with Crippen LogP contribution in [0.25, 0.3) is 5.57 Å². The van der Waals surface area contributed by atoms with E-state index in [2.05, 4.69) is 17.1 Å². The molecule has 0 radical (unpaired) electrons. The average Bonchev–Trinajstić information content (AvgIpc) is 2.82. The molecule has 0 amide bonds. The Balaban J connectivity index is 2.10. The van der Waals surface area contributed by atoms with Gasteiger partial charge in [-0.3, -0.25) is 4.99 Å². The molecule has 1 aromatic carbocycles. The second-order valence-corrected chi connectivity index (χ2v) is 4.21. The van der Waals surface area contributed by atoms with Gasteiger partial charge in [0.2, 0.25) is 0 Å². The first-order valence-corrected chi connectivity index (χ1v) is 5.70. The Kier molecular flexibility index (Phi) is 2.35. The number of fused-ring (bicyclic) bond motifs is 1. The molecule has 3 rings (SSSR count). The molecule has 1 aromatic rings. The number of aliphatic imine (C=N–C) groups is 1. The number of hydrogen-bond donors (Lipinski definition) is 0. The van der Waals surface area contributed by atoms with Crippen molar-refractivity contribution >= 4 is 17.5 Å². The second-order valence-electron chi connectivity index (χ2n) is 4.21. The van der Waals surface area contributed by atoms with E-state index in [4.69, 9.17) is 5.26 Å². The summed E-state index contributed by atoms with van der Waals surface area (Å²) in [6.07, 6.45) is 7.50. The lowest BCUT2D eigenvalue weighted by Crippen LogP contribution is -2.14. The molecule has 3 nitrogen and oxygen atoms in total. The molecule has 0 spiro atoms. The molecule has 0 aromatic heterocycles. The molecule has 3 heteroatoms. The Hall–Kier alpha value is -2.60. The molecule has 0 unspecified atom stereocenters. The highest BCUT2D eigenvalue weighted by molar-refractivity contribution is 6.17. The first-order valence-electron chi connectivity index (χ1n) is 5.70. The summed E-state index contributed by atoms with van der Waals surface area (Å²) in [4.78, 5) is 6.36. The Morgan fingerprint density at radius 1 is 1.22 bits per heavy atom. The van der Waals surface area contributed by atoms with Crippen molar-refractivity contribution in [3.8, 4) is 6.07 Å². The quantitative estimate of drug-likeness (QED) is 0.691. The lowest BCUT2D eigenvalue weighted by Gasteiger charge is -2.21. The molecule has 2 aliphatic heterocycles. The highest BCUT2D eigenvalue weighted by atomic mass is 15.1. The first-order chi connectivity index (χ1) is 8.79. The zero-order chi connectivity index (χ0) is 12.5. The molecule has 2 aliphatic rings. The van der Waals surface area contributed by atoms with Crippen molar-refractivity contribution in [1.82, 2.24) is 4.90 Å². The van der Waals surface area contributed by atoms with Crippen molar-refractivity contribution in [3.05, 3.63) is 59.5 Å². The maximum Gasteiger partial charge on any atom is 0.101 e. The second kappa shape index (κ2) is 4.01. The third-order valence-corrected chi connectivity index (χ3v) is 3.07. The van der Waals surface area contributed by atoms with Crippen LogP contribution in [-0.2, 0) is 0 Å². The fraction of sp³-hybridized carbons (Fsp3) is 0.0667. The molecule has 86 valence electrons. The molecular formula is C15H11N3. The van der Waals surface area contributed by atoms with Gasteiger partial charge in [0.15, 0.2) is 0 Å². The van der Waals surface area contributed by atoms with Gasteiger partial charge in [-0.2, -0.15) is 5.26 Å². The number of benzene rings is 1. The van der Waals surface area contributed by atoms with E-state index in [1.807, 2.05) is 54.7 Å². The van der Waals surface area contributed by atoms with Crippen LogP contribution in [0.15, 0.2) is 58.9 Å². The van der Waals surface area contributed by atoms with Crippen molar-refractivity contribution in [2.75, 3.05) is 7.05 Å². The zero-order valence-electron chi connectivity index (χ0n) is 9.96. The number of nitriles is 1. The van der Waals surface area contributed by atoms with Gasteiger partial charge in [-0.1, -0.05) is 18.2 Å². The van der Waals surface area contributed by atoms with E-state index in [9.17, 15) is 0 Å². The highest BCUT2D eigenvalue weighted by Gasteiger charge is 2.18. The van der Waals surface area contributed by atoms with Crippen LogP contribution in [0.5, 0.6) is 0 Å². The minimum Gasteiger partial charge on any atom is -0.349 e. The number of allylic oxidation sites excluding steroid dienone is 4. The Morgan fingerprint density at radius 2 is 2.06 bits per heavy atom. The highest BCUT2D eigenvalue weighted by Crippen LogP contribution is 2.34. The van der Waals surface area contributed by atoms with Crippen molar-refractivity contribution in [1.29, 1.82) is 5.26 Å². The van der Waals surface area contributed by atoms with Gasteiger partial charge in [0.05, 0.1) is 11.3 Å². The smallest absolute Gasteiger partial charge is 0.101 e. The summed E-state index contributed by atoms with van der Waals surface area (Å²) in [6.45, 7) is 0. The number of likely N-dealkylation sites (N-methyl/N-ethyl adjacent to an activating group) is 1. The molecule has 0 fully saturated rings. The van der Waals surface area contributed by atoms with E-state index in [-0.39, 0.29) is 0 Å². The lowest BCUT2D eigenvalue weighted by atomic mass is 10.0. The van der Waals surface area contributed by atoms with Gasteiger partial charge in [0.25, 0.3) is 0 Å². The van der Waals surface area contributed by atoms with Gasteiger partial charge in [0.1, 0.15) is 6.07 Å². The molecule has 2 heterocycles. The van der Waals surface area contributed by atoms with Crippen LogP contribution in [-0.4, -0.2) is 18.2 Å². The van der Waals surface area contributed by atoms with Gasteiger partial charge in [-0.05, 0) is 18.2 Å². The SMILES string of the molecule is CN1C=C(C#N)C=C/C1=C1/C=Nc2ccccc21. The van der Waals surface area contributed by atoms with Gasteiger partial charge < -0.3 is 4.90 Å². The number of para-hydroxylation sites is 1. The third-order valence-electron chi connectivity index (χ3n) is 3.07. The summed E-state index contributed by atoms with van der Waals surface area (Å²) < 4.78 is 0. The van der Waals surface area contributed by atoms with E-state index in [1.54, 1.807) is 0 Å². The largest absolute Gasteiger partial charge is 0.349 e. The van der Waals surface area contributed by atoms with Crippen LogP contribution < -0.4 is 0 Å². The van der Waals surface area contributed by atoms with Gasteiger partial charge in [-0.15, -0.1) is 0 Å². The van der Waals surface area contributed by atoms with Crippen LogP contribution in [0.3, 0.4) is 0 Å². The Labute approximate surface area is 106 Å². The van der Waals surface area contributed by atoms with Crippen molar-refractivity contribution in [2.24, 2.45) is 4.99 Å². The van der Waals surface area contributed by atoms with Crippen LogP contribution in [0, 0.1) is 11.3 Å². The molecule has 0 atom stereocenters. The Bertz CT molecular complexity index is 669. The molecule has 0 aliphatic carbocycles. The molecule has 0 N–H and O–H groups in total. The summed E-state index contributed by atoms with van der Waals surface area (Å²) in [5.41, 5.74) is 4.94. The molecular weight excluding hydrogens is 222 g/mol. The fourth-order valence-electron chi connectivity index (χ4n) is 2.18. The van der Waals surface area contributed by atoms with Gasteiger partial charge in [-0.25, -0.2) is 0 Å². The minimum atomic E-state index is 0.657. The lowest BCUT2D eigenvalue weighted by molar-refractivity contribution is 0.584. The standard InChI is InChI=1S/C15H11N3/c1-18-10-11(8-16)6-7-15(18)13-9-17-14-5-3-2-4-12(13)14/h2-7,9-10H,1H3/b15-13+. The maximum atomic E-state index is 8.88. The van der Waals surface area contributed by atoms with E-state index in [1.165, 1.54) is 0 Å². The van der Waals surface area contributed by atoms with E-state index in [0.717, 1.165) is 22.5 Å². The van der Waals surface area contributed by atoms with Crippen LogP contribution in [0.4, 0.5) is 5.69 Å². The minimum absolute atomic E-state index is 0.657. The van der Waals surface area contributed by atoms with Crippen LogP contribution in [0.1, 0.15) is 5.56 Å². The predicted molar refractivity (Wildman–Crippen MR) is 72.1 cm³/mol. The molecule has 0 saturated carbocycles. The number of hydrogen-bond acceptors (Lipinski definition) is 3. The monoisotopic (exact) mass is 233 g/mol. The zero-order valence-corrected chi connectivity index (χ0v) is 9.96. The van der Waals surface area contributed by atoms with Gasteiger partial charge >= 0.3 is 0 Å². The molecule has 0 bridgehead atoms. The summed E-state index contributed by atoms with van der Waals surface area (Å²) in [6, 6.07) is 10.2. The van der Waals surface area contributed by atoms with Crippen molar-refractivity contribution < 1.29 is 0 Å². The summed E-state index contributed by atoms with van der Waals surface area (Å²) in [7, 11) is 1.94. The van der Waals surface area contributed by atoms with Gasteiger partial charge in [0, 0.05) is 36.3 Å². The van der Waals surface area contributed by atoms with Crippen molar-refractivity contribution in [3.63, 3.8) is 0 Å². The molecule has 18 heavy (non-hydrogen) atoms. The first kappa shape index (κ1) is 10.5. The van der Waals surface area contributed by atoms with Crippen LogP contribution >= 0.6 is 0 Å². The van der Waals surface area contributed by atoms with Crippen LogP contribution in [0.2, 0.25) is 0 Å². The summed E-state index contributed by atoms with van der Waals surface area (Å²) >= 11 is 0. The summed E-state index contributed by atoms with van der Waals surface area (Å²) in [5.74, 6) is 0. The van der Waals surface area contributed by atoms with E-state index >= 15 is 0 Å². The van der Waals surface area contributed by atoms with E-state index < -0.39 is 0 Å². The summed E-state index contributed by atoms with van der Waals surface area (Å²) in [5, 5.41) is 8.88. The normalized spacial score (nSPS) is 20.7. The molecule has 0 saturated heterocycles. The predicted octanol–water partition coefficient (Wildman–Crippen LogP) is 3.02.